The van der Waals surface area contributed by atoms with E-state index < -0.39 is 11.6 Å². The van der Waals surface area contributed by atoms with Gasteiger partial charge in [-0.2, -0.15) is 0 Å². The van der Waals surface area contributed by atoms with Crippen molar-refractivity contribution in [3.63, 3.8) is 0 Å². The van der Waals surface area contributed by atoms with Crippen molar-refractivity contribution in [3.8, 4) is 5.75 Å². The van der Waals surface area contributed by atoms with Gasteiger partial charge in [-0.05, 0) is 69.0 Å². The van der Waals surface area contributed by atoms with Gasteiger partial charge >= 0.3 is 0 Å². The minimum absolute atomic E-state index is 0.0395. The topological polar surface area (TPSA) is 89.4 Å². The molecule has 0 saturated carbocycles. The van der Waals surface area contributed by atoms with E-state index in [1.54, 1.807) is 20.9 Å². The monoisotopic (exact) mass is 505 g/mol. The second-order valence-corrected chi connectivity index (χ2v) is 10.5. The summed E-state index contributed by atoms with van der Waals surface area (Å²) >= 11 is 1.55. The zero-order chi connectivity index (χ0) is 25.7. The van der Waals surface area contributed by atoms with Crippen molar-refractivity contribution in [1.29, 1.82) is 0 Å². The van der Waals surface area contributed by atoms with E-state index in [1.807, 2.05) is 93.7 Å². The van der Waals surface area contributed by atoms with Gasteiger partial charge < -0.3 is 15.0 Å². The lowest BCUT2D eigenvalue weighted by atomic mass is 10.0. The van der Waals surface area contributed by atoms with Crippen LogP contribution in [-0.4, -0.2) is 43.9 Å². The highest BCUT2D eigenvalue weighted by Gasteiger charge is 2.34. The Balaban J connectivity index is 1.73. The highest BCUT2D eigenvalue weighted by molar-refractivity contribution is 7.09. The van der Waals surface area contributed by atoms with Crippen molar-refractivity contribution < 1.29 is 14.3 Å². The van der Waals surface area contributed by atoms with Crippen LogP contribution in [0.1, 0.15) is 44.2 Å². The van der Waals surface area contributed by atoms with Gasteiger partial charge in [-0.25, -0.2) is 4.68 Å². The number of nitrogens with zero attached hydrogens (tertiary/aromatic N) is 4. The molecule has 1 unspecified atom stereocenters. The highest BCUT2D eigenvalue weighted by atomic mass is 32.1. The summed E-state index contributed by atoms with van der Waals surface area (Å²) in [5, 5.41) is 13.4. The number of benzene rings is 2. The molecular weight excluding hydrogens is 474 g/mol. The molecule has 0 fully saturated rings. The van der Waals surface area contributed by atoms with Crippen LogP contribution in [0, 0.1) is 0 Å². The average Bonchev–Trinajstić information content (AvgIpc) is 3.49. The third-order valence-corrected chi connectivity index (χ3v) is 6.36. The summed E-state index contributed by atoms with van der Waals surface area (Å²) in [7, 11) is 0. The average molecular weight is 506 g/mol. The molecule has 0 bridgehead atoms. The Bertz CT molecular complexity index is 1310. The zero-order valence-electron chi connectivity index (χ0n) is 21.0. The molecule has 36 heavy (non-hydrogen) atoms. The molecular formula is C27H31N5O3S. The molecule has 1 N–H and O–H groups in total. The van der Waals surface area contributed by atoms with Crippen LogP contribution in [0.4, 0.5) is 0 Å². The van der Waals surface area contributed by atoms with Gasteiger partial charge in [0.05, 0.1) is 18.7 Å². The number of nitrogens with one attached hydrogen (secondary N) is 1. The Morgan fingerprint density at radius 3 is 2.50 bits per heavy atom. The van der Waals surface area contributed by atoms with Crippen LogP contribution >= 0.6 is 11.3 Å². The van der Waals surface area contributed by atoms with E-state index in [-0.39, 0.29) is 18.4 Å². The van der Waals surface area contributed by atoms with E-state index in [9.17, 15) is 9.59 Å². The number of fused-ring (bicyclic) bond motifs is 1. The predicted octanol–water partition coefficient (Wildman–Crippen LogP) is 4.58. The first-order valence-corrected chi connectivity index (χ1v) is 12.8. The molecule has 0 aliphatic heterocycles. The molecule has 0 saturated heterocycles. The number of amides is 2. The fourth-order valence-electron chi connectivity index (χ4n) is 3.97. The standard InChI is InChI=1S/C27H31N5O3S/c1-5-35-20-14-12-19(13-15-20)25(26(34)28-27(2,3)4)31(17-21-9-8-16-36-21)24(33)18-32-23-11-7-6-10-22(23)29-30-32/h6-16,25H,5,17-18H2,1-4H3,(H,28,34). The summed E-state index contributed by atoms with van der Waals surface area (Å²) in [6.07, 6.45) is 0. The smallest absolute Gasteiger partial charge is 0.247 e. The van der Waals surface area contributed by atoms with Gasteiger partial charge in [0, 0.05) is 10.4 Å². The summed E-state index contributed by atoms with van der Waals surface area (Å²) in [5.74, 6) is 0.225. The Labute approximate surface area is 214 Å². The lowest BCUT2D eigenvalue weighted by Crippen LogP contribution is -2.49. The number of hydrogen-bond donors (Lipinski definition) is 1. The second kappa shape index (κ2) is 10.9. The quantitative estimate of drug-likeness (QED) is 0.360. The van der Waals surface area contributed by atoms with Gasteiger partial charge in [0.1, 0.15) is 23.9 Å². The number of carbonyl (C=O) groups excluding carboxylic acids is 2. The van der Waals surface area contributed by atoms with Crippen molar-refractivity contribution in [2.45, 2.75) is 52.4 Å². The first-order valence-electron chi connectivity index (χ1n) is 11.9. The fraction of sp³-hybridized carbons (Fsp3) is 0.333. The van der Waals surface area contributed by atoms with Crippen LogP contribution in [0.3, 0.4) is 0 Å². The van der Waals surface area contributed by atoms with E-state index in [2.05, 4.69) is 15.6 Å². The minimum atomic E-state index is -0.843. The van der Waals surface area contributed by atoms with Gasteiger partial charge in [0.15, 0.2) is 0 Å². The number of aromatic nitrogens is 3. The lowest BCUT2D eigenvalue weighted by Gasteiger charge is -2.33. The molecule has 188 valence electrons. The predicted molar refractivity (Wildman–Crippen MR) is 141 cm³/mol. The summed E-state index contributed by atoms with van der Waals surface area (Å²) in [6, 6.07) is 17.9. The number of rotatable bonds is 9. The van der Waals surface area contributed by atoms with E-state index in [1.165, 1.54) is 0 Å². The van der Waals surface area contributed by atoms with Crippen molar-refractivity contribution in [3.05, 3.63) is 76.5 Å². The maximum absolute atomic E-state index is 13.9. The number of hydrogen-bond acceptors (Lipinski definition) is 6. The van der Waals surface area contributed by atoms with Gasteiger partial charge in [-0.15, -0.1) is 16.4 Å². The normalized spacial score (nSPS) is 12.3. The molecule has 2 aromatic heterocycles. The molecule has 0 spiro atoms. The van der Waals surface area contributed by atoms with E-state index in [0.29, 0.717) is 30.0 Å². The summed E-state index contributed by atoms with van der Waals surface area (Å²) in [6.45, 7) is 8.49. The third kappa shape index (κ3) is 6.09. The lowest BCUT2D eigenvalue weighted by molar-refractivity contribution is -0.142. The van der Waals surface area contributed by atoms with Crippen molar-refractivity contribution in [1.82, 2.24) is 25.2 Å². The van der Waals surface area contributed by atoms with Gasteiger partial charge in [-0.1, -0.05) is 35.5 Å². The van der Waals surface area contributed by atoms with Gasteiger partial charge in [-0.3, -0.25) is 9.59 Å². The maximum atomic E-state index is 13.9. The van der Waals surface area contributed by atoms with Crippen LogP contribution < -0.4 is 10.1 Å². The number of ether oxygens (including phenoxy) is 1. The van der Waals surface area contributed by atoms with Crippen molar-refractivity contribution in [2.75, 3.05) is 6.61 Å². The molecule has 4 aromatic rings. The van der Waals surface area contributed by atoms with E-state index in [0.717, 1.165) is 10.4 Å². The SMILES string of the molecule is CCOc1ccc(C(C(=O)NC(C)(C)C)N(Cc2cccs2)C(=O)Cn2nnc3ccccc32)cc1. The fourth-order valence-corrected chi connectivity index (χ4v) is 4.67. The Hall–Kier alpha value is -3.72. The van der Waals surface area contributed by atoms with Crippen molar-refractivity contribution in [2.24, 2.45) is 0 Å². The largest absolute Gasteiger partial charge is 0.494 e. The molecule has 4 rings (SSSR count). The first kappa shape index (κ1) is 25.4. The van der Waals surface area contributed by atoms with Crippen molar-refractivity contribution >= 4 is 34.2 Å². The van der Waals surface area contributed by atoms with E-state index >= 15 is 0 Å². The van der Waals surface area contributed by atoms with Gasteiger partial charge in [0.2, 0.25) is 11.8 Å². The minimum Gasteiger partial charge on any atom is -0.494 e. The molecule has 2 amide bonds. The molecule has 8 nitrogen and oxygen atoms in total. The Morgan fingerprint density at radius 1 is 1.08 bits per heavy atom. The van der Waals surface area contributed by atoms with Crippen LogP contribution in [0.15, 0.2) is 66.0 Å². The molecule has 0 aliphatic carbocycles. The second-order valence-electron chi connectivity index (χ2n) is 9.48. The van der Waals surface area contributed by atoms with Crippen LogP contribution in [0.5, 0.6) is 5.75 Å². The van der Waals surface area contributed by atoms with Gasteiger partial charge in [0.25, 0.3) is 0 Å². The molecule has 1 atom stereocenters. The summed E-state index contributed by atoms with van der Waals surface area (Å²) in [5.41, 5.74) is 1.70. The Kier molecular flexibility index (Phi) is 7.69. The Morgan fingerprint density at radius 2 is 1.83 bits per heavy atom. The molecule has 0 radical (unpaired) electrons. The zero-order valence-corrected chi connectivity index (χ0v) is 21.8. The maximum Gasteiger partial charge on any atom is 0.247 e. The van der Waals surface area contributed by atoms with Crippen LogP contribution in [0.2, 0.25) is 0 Å². The van der Waals surface area contributed by atoms with E-state index in [4.69, 9.17) is 4.74 Å². The molecule has 0 aliphatic rings. The summed E-state index contributed by atoms with van der Waals surface area (Å²) in [4.78, 5) is 30.2. The van der Waals surface area contributed by atoms with Crippen LogP contribution in [0.25, 0.3) is 11.0 Å². The number of para-hydroxylation sites is 1. The highest BCUT2D eigenvalue weighted by Crippen LogP contribution is 2.28. The molecule has 2 aromatic carbocycles. The third-order valence-electron chi connectivity index (χ3n) is 5.50. The first-order chi connectivity index (χ1) is 17.2. The van der Waals surface area contributed by atoms with Crippen LogP contribution in [-0.2, 0) is 22.7 Å². The number of thiophene rings is 1. The molecule has 9 heteroatoms. The number of carbonyl (C=O) groups is 2. The summed E-state index contributed by atoms with van der Waals surface area (Å²) < 4.78 is 7.17. The molecule has 2 heterocycles.